The van der Waals surface area contributed by atoms with Gasteiger partial charge in [0, 0.05) is 48.8 Å². The smallest absolute Gasteiger partial charge is 0.354 e. The number of cyclic esters (lactones) is 2. The molecule has 3 heterocycles. The molecule has 2 saturated heterocycles. The van der Waals surface area contributed by atoms with Gasteiger partial charge in [0.15, 0.2) is 9.27 Å². The monoisotopic (exact) mass is 642 g/mol. The lowest BCUT2D eigenvalue weighted by atomic mass is 10.0. The van der Waals surface area contributed by atoms with E-state index in [1.165, 1.54) is 11.8 Å². The zero-order chi connectivity index (χ0) is 27.4. The van der Waals surface area contributed by atoms with E-state index in [0.29, 0.717) is 5.76 Å². The van der Waals surface area contributed by atoms with Crippen LogP contribution in [0.4, 0.5) is 5.69 Å². The van der Waals surface area contributed by atoms with E-state index in [1.807, 2.05) is 47.4 Å². The van der Waals surface area contributed by atoms with Crippen LogP contribution in [0.1, 0.15) is 42.8 Å². The van der Waals surface area contributed by atoms with Crippen LogP contribution in [0.3, 0.4) is 0 Å². The van der Waals surface area contributed by atoms with Crippen molar-refractivity contribution in [1.82, 2.24) is 4.90 Å². The molecule has 0 saturated carbocycles. The highest BCUT2D eigenvalue weighted by Gasteiger charge is 2.39. The summed E-state index contributed by atoms with van der Waals surface area (Å²) in [6.07, 6.45) is 4.19. The van der Waals surface area contributed by atoms with Crippen molar-refractivity contribution in [2.75, 3.05) is 24.5 Å². The van der Waals surface area contributed by atoms with Gasteiger partial charge in [-0.3, -0.25) is 4.79 Å². The number of esters is 2. The van der Waals surface area contributed by atoms with Crippen LogP contribution < -0.4 is 4.90 Å². The first-order chi connectivity index (χ1) is 18.8. The van der Waals surface area contributed by atoms with Gasteiger partial charge >= 0.3 is 11.9 Å². The number of hydrogen-bond donors (Lipinski definition) is 0. The average Bonchev–Trinajstić information content (AvgIpc) is 3.47. The molecule has 2 fully saturated rings. The molecular weight excluding hydrogens is 611 g/mol. The summed E-state index contributed by atoms with van der Waals surface area (Å²) >= 11 is -0.985. The van der Waals surface area contributed by atoms with Gasteiger partial charge in [-0.15, -0.1) is 0 Å². The number of benzene rings is 2. The fourth-order valence-corrected chi connectivity index (χ4v) is 6.83. The maximum absolute atomic E-state index is 13.3. The van der Waals surface area contributed by atoms with Gasteiger partial charge in [0.25, 0.3) is 11.7 Å². The van der Waals surface area contributed by atoms with Crippen LogP contribution in [0.2, 0.25) is 0 Å². The molecule has 1 aromatic heterocycles. The summed E-state index contributed by atoms with van der Waals surface area (Å²) in [6, 6.07) is 21.4. The van der Waals surface area contributed by atoms with Crippen molar-refractivity contribution in [3.8, 4) is 0 Å². The van der Waals surface area contributed by atoms with Gasteiger partial charge in [0.05, 0.1) is 6.26 Å². The maximum Gasteiger partial charge on any atom is 0.354 e. The molecule has 5 rings (SSSR count). The highest BCUT2D eigenvalue weighted by molar-refractivity contribution is 14.2. The number of para-hydroxylation sites is 1. The largest absolute Gasteiger partial charge is 0.459 e. The highest BCUT2D eigenvalue weighted by atomic mass is 127. The van der Waals surface area contributed by atoms with Gasteiger partial charge < -0.3 is 23.7 Å². The van der Waals surface area contributed by atoms with Gasteiger partial charge in [0.1, 0.15) is 0 Å². The molecule has 0 unspecified atom stereocenters. The van der Waals surface area contributed by atoms with Gasteiger partial charge in [-0.2, -0.15) is 0 Å². The number of hydrogen-bond acceptors (Lipinski definition) is 7. The van der Waals surface area contributed by atoms with Gasteiger partial charge in [-0.1, -0.05) is 51.1 Å². The second kappa shape index (κ2) is 11.8. The molecule has 0 bridgehead atoms. The first-order valence-corrected chi connectivity index (χ1v) is 15.2. The van der Waals surface area contributed by atoms with E-state index in [4.69, 9.17) is 13.9 Å². The number of nitrogens with zero attached hydrogens (tertiary/aromatic N) is 2. The average molecular weight is 642 g/mol. The molecule has 204 valence electrons. The van der Waals surface area contributed by atoms with Crippen molar-refractivity contribution >= 4 is 47.8 Å². The Hall–Kier alpha value is -3.31. The Kier molecular flexibility index (Phi) is 8.27. The molecule has 39 heavy (non-hydrogen) atoms. The first-order valence-electron chi connectivity index (χ1n) is 13.0. The number of amides is 1. The van der Waals surface area contributed by atoms with Crippen LogP contribution in [-0.4, -0.2) is 57.7 Å². The second-order valence-electron chi connectivity index (χ2n) is 10.0. The predicted octanol–water partition coefficient (Wildman–Crippen LogP) is 4.78. The fourth-order valence-electron chi connectivity index (χ4n) is 4.83. The summed E-state index contributed by atoms with van der Waals surface area (Å²) in [5.41, 5.74) is 2.08. The Morgan fingerprint density at radius 3 is 2.23 bits per heavy atom. The van der Waals surface area contributed by atoms with Crippen molar-refractivity contribution in [1.29, 1.82) is 0 Å². The van der Waals surface area contributed by atoms with Crippen LogP contribution in [0, 0.1) is 3.57 Å². The summed E-state index contributed by atoms with van der Waals surface area (Å²) in [5, 5.41) is 0. The molecule has 2 aliphatic rings. The number of carbonyl (C=O) groups excluding carboxylic acids is 3. The third-order valence-corrected chi connectivity index (χ3v) is 9.54. The topological polar surface area (TPSA) is 89.3 Å². The van der Waals surface area contributed by atoms with Crippen LogP contribution in [-0.2, 0) is 25.5 Å². The highest BCUT2D eigenvalue weighted by Crippen LogP contribution is 2.27. The molecule has 0 atom stereocenters. The van der Waals surface area contributed by atoms with E-state index >= 15 is 0 Å². The van der Waals surface area contributed by atoms with E-state index in [2.05, 4.69) is 17.0 Å². The summed E-state index contributed by atoms with van der Waals surface area (Å²) < 4.78 is 16.9. The maximum atomic E-state index is 13.3. The molecule has 2 aliphatic heterocycles. The standard InChI is InChI=1S/C30H31IN2O6/c1-30(2)38-28(35)26(29(36)39-30)31-22-12-10-21(11-13-22)14-17-32-18-15-24(16-19-32)33(23-7-4-3-5-8-23)27(34)25-9-6-20-37-25/h3-13,20,24H,14-19H2,1-2H3. The minimum Gasteiger partial charge on any atom is -0.459 e. The molecule has 2 aromatic carbocycles. The third kappa shape index (κ3) is 6.65. The van der Waals surface area contributed by atoms with Gasteiger partial charge in [0.2, 0.25) is 0 Å². The number of anilines is 1. The SMILES string of the molecule is CC1(C)OC(=O)C(=Ic2ccc(CCN3CCC(N(C(=O)c4ccco4)c4ccccc4)CC3)cc2)C(=O)O1. The summed E-state index contributed by atoms with van der Waals surface area (Å²) in [7, 11) is 0. The van der Waals surface area contributed by atoms with Crippen LogP contribution in [0.25, 0.3) is 0 Å². The lowest BCUT2D eigenvalue weighted by Gasteiger charge is -2.38. The van der Waals surface area contributed by atoms with Crippen molar-refractivity contribution < 1.29 is 28.3 Å². The van der Waals surface area contributed by atoms with E-state index in [9.17, 15) is 14.4 Å². The van der Waals surface area contributed by atoms with Crippen LogP contribution in [0.15, 0.2) is 77.4 Å². The Labute approximate surface area is 237 Å². The van der Waals surface area contributed by atoms with E-state index in [1.54, 1.807) is 26.0 Å². The number of rotatable bonds is 7. The Bertz CT molecular complexity index is 1320. The summed E-state index contributed by atoms with van der Waals surface area (Å²) in [5.74, 6) is -2.12. The molecule has 1 amide bonds. The quantitative estimate of drug-likeness (QED) is 0.271. The van der Waals surface area contributed by atoms with Crippen LogP contribution >= 0.6 is 20.7 Å². The number of carbonyl (C=O) groups is 3. The van der Waals surface area contributed by atoms with Crippen molar-refractivity contribution in [2.45, 2.75) is 44.9 Å². The lowest BCUT2D eigenvalue weighted by molar-refractivity contribution is -0.214. The molecule has 0 N–H and O–H groups in total. The van der Waals surface area contributed by atoms with E-state index < -0.39 is 38.5 Å². The lowest BCUT2D eigenvalue weighted by Crippen LogP contribution is -2.48. The number of halogens is 1. The second-order valence-corrected chi connectivity index (χ2v) is 12.9. The van der Waals surface area contributed by atoms with Crippen LogP contribution in [0.5, 0.6) is 0 Å². The first kappa shape index (κ1) is 27.3. The molecule has 3 aromatic rings. The fraction of sp³-hybridized carbons (Fsp3) is 0.333. The summed E-state index contributed by atoms with van der Waals surface area (Å²) in [6.45, 7) is 5.83. The number of ether oxygens (including phenoxy) is 2. The van der Waals surface area contributed by atoms with Crippen molar-refractivity contribution in [2.24, 2.45) is 0 Å². The molecule has 9 heteroatoms. The summed E-state index contributed by atoms with van der Waals surface area (Å²) in [4.78, 5) is 42.1. The van der Waals surface area contributed by atoms with Gasteiger partial charge in [-0.25, -0.2) is 9.59 Å². The normalized spacial score (nSPS) is 17.9. The zero-order valence-corrected chi connectivity index (χ0v) is 24.1. The Balaban J connectivity index is 1.16. The number of likely N-dealkylation sites (tertiary alicyclic amines) is 1. The Morgan fingerprint density at radius 1 is 0.949 bits per heavy atom. The third-order valence-electron chi connectivity index (χ3n) is 6.78. The molecular formula is C30H31IN2O6. The predicted molar refractivity (Wildman–Crippen MR) is 156 cm³/mol. The zero-order valence-electron chi connectivity index (χ0n) is 22.0. The van der Waals surface area contributed by atoms with E-state index in [0.717, 1.165) is 48.2 Å². The minimum absolute atomic E-state index is 0.103. The number of furan rings is 1. The molecule has 0 radical (unpaired) electrons. The minimum atomic E-state index is -1.21. The van der Waals surface area contributed by atoms with Crippen molar-refractivity contribution in [3.05, 3.63) is 87.9 Å². The molecule has 8 nitrogen and oxygen atoms in total. The number of piperidine rings is 1. The van der Waals surface area contributed by atoms with Crippen molar-refractivity contribution in [3.63, 3.8) is 0 Å². The molecule has 0 aliphatic carbocycles. The van der Waals surface area contributed by atoms with E-state index in [-0.39, 0.29) is 15.5 Å². The van der Waals surface area contributed by atoms with Gasteiger partial charge in [-0.05, 0) is 61.2 Å². The Morgan fingerprint density at radius 2 is 1.62 bits per heavy atom. The molecule has 0 spiro atoms.